The monoisotopic (exact) mass is 315 g/mol. The van der Waals surface area contributed by atoms with E-state index < -0.39 is 34.5 Å². The predicted molar refractivity (Wildman–Crippen MR) is 59.8 cm³/mol. The summed E-state index contributed by atoms with van der Waals surface area (Å²) in [7, 11) is 0. The average Bonchev–Trinajstić information content (AvgIpc) is 2.25. The molecule has 0 heterocycles. The maximum atomic E-state index is 13.6. The Labute approximate surface area is 165 Å². The van der Waals surface area contributed by atoms with E-state index in [4.69, 9.17) is 0 Å². The van der Waals surface area contributed by atoms with Crippen LogP contribution in [0.5, 0.6) is 0 Å². The molecule has 1 aromatic rings. The summed E-state index contributed by atoms with van der Waals surface area (Å²) in [5, 5.41) is 33.4. The molecule has 104 valence electrons. The van der Waals surface area contributed by atoms with Crippen molar-refractivity contribution < 1.29 is 88.4 Å². The molecule has 0 saturated heterocycles. The molecule has 0 aliphatic heterocycles. The Kier molecular flexibility index (Phi) is 10.0. The van der Waals surface area contributed by atoms with Gasteiger partial charge in [-0.15, -0.1) is 0 Å². The van der Waals surface area contributed by atoms with Crippen LogP contribution in [0.3, 0.4) is 0 Å². The molecule has 0 bridgehead atoms. The largest absolute Gasteiger partial charge is 1.00 e. The van der Waals surface area contributed by atoms with E-state index in [1.54, 1.807) is 0 Å². The molecule has 0 saturated carbocycles. The van der Waals surface area contributed by atoms with Gasteiger partial charge in [0, 0.05) is 17.7 Å². The zero-order chi connectivity index (χ0) is 14.8. The molecule has 1 rings (SSSR count). The number of carboxylic acid groups (broad SMARTS) is 2. The van der Waals surface area contributed by atoms with E-state index in [-0.39, 0.29) is 71.3 Å². The van der Waals surface area contributed by atoms with Crippen molar-refractivity contribution in [3.63, 3.8) is 0 Å². The minimum atomic E-state index is -1.81. The molecule has 0 spiro atoms. The standard InChI is InChI=1S/C12H14FNO5.2Na/c1-12(2,19)5-14-9-4-7(11(17)18)6(10(15)16)3-8(9)13;;/h3-4,14,19H,5H2,1-2H3,(H,15,16)(H,17,18);;/q;2*+1/p-2. The molecule has 0 amide bonds. The molecule has 0 unspecified atom stereocenters. The number of aromatic carboxylic acids is 2. The summed E-state index contributed by atoms with van der Waals surface area (Å²) in [6.07, 6.45) is 0. The first-order valence-corrected chi connectivity index (χ1v) is 5.34. The van der Waals surface area contributed by atoms with E-state index in [0.29, 0.717) is 6.07 Å². The van der Waals surface area contributed by atoms with Gasteiger partial charge in [0.2, 0.25) is 0 Å². The number of rotatable bonds is 5. The number of halogens is 1. The molecule has 9 heteroatoms. The number of carbonyl (C=O) groups excluding carboxylic acids is 2. The minimum absolute atomic E-state index is 0. The second-order valence-electron chi connectivity index (χ2n) is 4.62. The zero-order valence-corrected chi connectivity index (χ0v) is 16.3. The molecule has 0 aliphatic carbocycles. The van der Waals surface area contributed by atoms with Gasteiger partial charge in [0.05, 0.1) is 23.2 Å². The Hall–Kier alpha value is -0.150. The van der Waals surface area contributed by atoms with Crippen molar-refractivity contribution in [1.29, 1.82) is 0 Å². The van der Waals surface area contributed by atoms with Gasteiger partial charge in [-0.05, 0) is 26.0 Å². The Morgan fingerprint density at radius 3 is 2.00 bits per heavy atom. The molecule has 0 aromatic heterocycles. The van der Waals surface area contributed by atoms with Gasteiger partial charge in [-0.25, -0.2) is 4.39 Å². The number of anilines is 1. The third kappa shape index (κ3) is 7.10. The zero-order valence-electron chi connectivity index (χ0n) is 12.3. The smallest absolute Gasteiger partial charge is 0.545 e. The van der Waals surface area contributed by atoms with Crippen LogP contribution in [-0.2, 0) is 0 Å². The van der Waals surface area contributed by atoms with Crippen molar-refractivity contribution in [1.82, 2.24) is 0 Å². The minimum Gasteiger partial charge on any atom is -0.545 e. The van der Waals surface area contributed by atoms with Crippen molar-refractivity contribution in [2.24, 2.45) is 0 Å². The van der Waals surface area contributed by atoms with Gasteiger partial charge in [0.25, 0.3) is 0 Å². The molecule has 0 radical (unpaired) electrons. The number of hydrogen-bond acceptors (Lipinski definition) is 6. The molecule has 1 aromatic carbocycles. The summed E-state index contributed by atoms with van der Waals surface area (Å²) in [5.41, 5.74) is -2.89. The van der Waals surface area contributed by atoms with E-state index in [0.717, 1.165) is 6.07 Å². The van der Waals surface area contributed by atoms with Crippen LogP contribution in [0.15, 0.2) is 12.1 Å². The fourth-order valence-electron chi connectivity index (χ4n) is 1.36. The van der Waals surface area contributed by atoms with Crippen LogP contribution in [0, 0.1) is 5.82 Å². The Balaban J connectivity index is 0. The van der Waals surface area contributed by atoms with Crippen LogP contribution < -0.4 is 74.6 Å². The number of aliphatic hydroxyl groups is 1. The Bertz CT molecular complexity index is 531. The van der Waals surface area contributed by atoms with Crippen molar-refractivity contribution >= 4 is 17.6 Å². The molecule has 2 N–H and O–H groups in total. The fraction of sp³-hybridized carbons (Fsp3) is 0.333. The summed E-state index contributed by atoms with van der Waals surface area (Å²) in [5.74, 6) is -4.54. The van der Waals surface area contributed by atoms with Gasteiger partial charge in [0.15, 0.2) is 0 Å². The van der Waals surface area contributed by atoms with E-state index in [1.165, 1.54) is 13.8 Å². The van der Waals surface area contributed by atoms with Crippen LogP contribution in [0.1, 0.15) is 34.6 Å². The van der Waals surface area contributed by atoms with E-state index in [1.807, 2.05) is 0 Å². The first-order chi connectivity index (χ1) is 8.61. The summed E-state index contributed by atoms with van der Waals surface area (Å²) in [6, 6.07) is 1.33. The average molecular weight is 315 g/mol. The van der Waals surface area contributed by atoms with Gasteiger partial charge >= 0.3 is 59.1 Å². The fourth-order valence-corrected chi connectivity index (χ4v) is 1.36. The normalized spacial score (nSPS) is 10.1. The third-order valence-electron chi connectivity index (χ3n) is 2.26. The van der Waals surface area contributed by atoms with Crippen LogP contribution in [0.4, 0.5) is 10.1 Å². The van der Waals surface area contributed by atoms with Gasteiger partial charge in [0.1, 0.15) is 5.82 Å². The van der Waals surface area contributed by atoms with E-state index in [9.17, 15) is 29.3 Å². The Morgan fingerprint density at radius 2 is 1.62 bits per heavy atom. The first-order valence-electron chi connectivity index (χ1n) is 5.34. The molecular formula is C12H12FNNa2O5. The SMILES string of the molecule is CC(C)(O)CNc1cc(C(=O)[O-])c(C(=O)[O-])cc1F.[Na+].[Na+]. The van der Waals surface area contributed by atoms with Crippen LogP contribution in [0.25, 0.3) is 0 Å². The quantitative estimate of drug-likeness (QED) is 0.522. The first kappa shape index (κ1) is 23.1. The van der Waals surface area contributed by atoms with Gasteiger partial charge in [-0.2, -0.15) is 0 Å². The maximum Gasteiger partial charge on any atom is 1.00 e. The van der Waals surface area contributed by atoms with Crippen molar-refractivity contribution in [2.45, 2.75) is 19.4 Å². The second-order valence-corrected chi connectivity index (χ2v) is 4.62. The van der Waals surface area contributed by atoms with Crippen molar-refractivity contribution in [2.75, 3.05) is 11.9 Å². The molecule has 0 fully saturated rings. The second kappa shape index (κ2) is 9.09. The molecule has 21 heavy (non-hydrogen) atoms. The molecule has 6 nitrogen and oxygen atoms in total. The van der Waals surface area contributed by atoms with E-state index >= 15 is 0 Å². The van der Waals surface area contributed by atoms with Crippen LogP contribution in [0.2, 0.25) is 0 Å². The number of nitrogens with one attached hydrogen (secondary N) is 1. The van der Waals surface area contributed by atoms with Crippen molar-refractivity contribution in [3.8, 4) is 0 Å². The number of hydrogen-bond donors (Lipinski definition) is 2. The van der Waals surface area contributed by atoms with Gasteiger partial charge < -0.3 is 30.2 Å². The van der Waals surface area contributed by atoms with Gasteiger partial charge in [-0.3, -0.25) is 0 Å². The van der Waals surface area contributed by atoms with E-state index in [2.05, 4.69) is 5.32 Å². The molecule has 0 atom stereocenters. The van der Waals surface area contributed by atoms with Crippen LogP contribution in [-0.4, -0.2) is 29.2 Å². The van der Waals surface area contributed by atoms with Crippen LogP contribution >= 0.6 is 0 Å². The molecular weight excluding hydrogens is 303 g/mol. The number of carbonyl (C=O) groups is 2. The summed E-state index contributed by atoms with van der Waals surface area (Å²) < 4.78 is 13.6. The summed E-state index contributed by atoms with van der Waals surface area (Å²) in [6.45, 7) is 2.88. The Morgan fingerprint density at radius 1 is 1.19 bits per heavy atom. The summed E-state index contributed by atoms with van der Waals surface area (Å²) in [4.78, 5) is 21.5. The van der Waals surface area contributed by atoms with Gasteiger partial charge in [-0.1, -0.05) is 0 Å². The topological polar surface area (TPSA) is 113 Å². The predicted octanol–water partition coefficient (Wildman–Crippen LogP) is -7.26. The summed E-state index contributed by atoms with van der Waals surface area (Å²) >= 11 is 0. The number of carboxylic acids is 2. The molecule has 0 aliphatic rings. The number of benzene rings is 1. The third-order valence-corrected chi connectivity index (χ3v) is 2.26. The maximum absolute atomic E-state index is 13.6. The van der Waals surface area contributed by atoms with Crippen molar-refractivity contribution in [3.05, 3.63) is 29.1 Å².